The molecule has 3 aromatic heterocycles. The molecule has 0 radical (unpaired) electrons. The third-order valence-electron chi connectivity index (χ3n) is 7.53. The van der Waals surface area contributed by atoms with E-state index in [0.717, 1.165) is 48.3 Å². The number of nitrogens with one attached hydrogen (secondary N) is 2. The van der Waals surface area contributed by atoms with E-state index in [9.17, 15) is 0 Å². The highest BCUT2D eigenvalue weighted by Crippen LogP contribution is 2.37. The molecule has 0 amide bonds. The topological polar surface area (TPSA) is 109 Å². The van der Waals surface area contributed by atoms with Crippen molar-refractivity contribution in [2.45, 2.75) is 0 Å². The molecular formula is C32H20AlBrN8. The third kappa shape index (κ3) is 3.66. The van der Waals surface area contributed by atoms with Gasteiger partial charge in [-0.25, -0.2) is 29.9 Å². The van der Waals surface area contributed by atoms with Crippen molar-refractivity contribution in [3.63, 3.8) is 0 Å². The molecule has 5 heterocycles. The first-order valence-electron chi connectivity index (χ1n) is 13.1. The van der Waals surface area contributed by atoms with E-state index in [1.807, 2.05) is 91.0 Å². The fourth-order valence-corrected chi connectivity index (χ4v) is 6.20. The number of halogens is 1. The number of fused-ring (bicyclic) bond motifs is 20. The maximum Gasteiger partial charge on any atom is 0.187 e. The summed E-state index contributed by atoms with van der Waals surface area (Å²) in [5.41, 5.74) is 6.34. The van der Waals surface area contributed by atoms with Gasteiger partial charge in [0.25, 0.3) is 0 Å². The fourth-order valence-electron chi connectivity index (χ4n) is 5.65. The molecule has 2 N–H and O–H groups in total. The SMILES string of the molecule is Brc1cccc2c3nc4nc(nc5[nH]c(nc6nc(nc([nH]3)c12)-c1ccccc1-6)c1ccccc51)-c1ccccc1-4.[AlH3]. The third-order valence-corrected chi connectivity index (χ3v) is 8.19. The molecule has 2 aliphatic heterocycles. The number of rotatable bonds is 0. The molecule has 2 aliphatic rings. The van der Waals surface area contributed by atoms with Crippen LogP contribution in [0.15, 0.2) is 95.5 Å². The molecule has 0 atom stereocenters. The van der Waals surface area contributed by atoms with Gasteiger partial charge in [0.2, 0.25) is 0 Å². The lowest BCUT2D eigenvalue weighted by molar-refractivity contribution is 1.19. The predicted octanol–water partition coefficient (Wildman–Crippen LogP) is 6.45. The maximum atomic E-state index is 5.05. The Kier molecular flexibility index (Phi) is 5.59. The van der Waals surface area contributed by atoms with Crippen LogP contribution in [0.3, 0.4) is 0 Å². The monoisotopic (exact) mass is 622 g/mol. The van der Waals surface area contributed by atoms with Gasteiger partial charge >= 0.3 is 0 Å². The van der Waals surface area contributed by atoms with Crippen molar-refractivity contribution in [3.05, 3.63) is 95.5 Å². The molecule has 0 saturated heterocycles. The summed E-state index contributed by atoms with van der Waals surface area (Å²) < 4.78 is 0.909. The van der Waals surface area contributed by atoms with Gasteiger partial charge in [0.15, 0.2) is 40.7 Å². The van der Waals surface area contributed by atoms with Crippen LogP contribution in [0.1, 0.15) is 0 Å². The largest absolute Gasteiger partial charge is 0.324 e. The zero-order chi connectivity index (χ0) is 27.1. The molecule has 8 nitrogen and oxygen atoms in total. The van der Waals surface area contributed by atoms with Crippen LogP contribution in [0, 0.1) is 0 Å². The van der Waals surface area contributed by atoms with E-state index in [-0.39, 0.29) is 17.4 Å². The molecule has 42 heavy (non-hydrogen) atoms. The van der Waals surface area contributed by atoms with E-state index < -0.39 is 0 Å². The molecule has 0 fully saturated rings. The van der Waals surface area contributed by atoms with Crippen molar-refractivity contribution in [1.82, 2.24) is 39.9 Å². The molecule has 0 spiro atoms. The second kappa shape index (κ2) is 9.39. The van der Waals surface area contributed by atoms with Gasteiger partial charge in [0, 0.05) is 48.3 Å². The smallest absolute Gasteiger partial charge is 0.187 e. The van der Waals surface area contributed by atoms with Crippen LogP contribution >= 0.6 is 15.9 Å². The van der Waals surface area contributed by atoms with Crippen LogP contribution in [0.4, 0.5) is 0 Å². The van der Waals surface area contributed by atoms with Crippen LogP contribution in [-0.4, -0.2) is 57.2 Å². The Labute approximate surface area is 257 Å². The van der Waals surface area contributed by atoms with E-state index in [1.54, 1.807) is 0 Å². The Bertz CT molecular complexity index is 2410. The van der Waals surface area contributed by atoms with Gasteiger partial charge in [-0.15, -0.1) is 0 Å². The summed E-state index contributed by atoms with van der Waals surface area (Å²) >= 11 is 3.73. The molecule has 4 aromatic carbocycles. The van der Waals surface area contributed by atoms with Crippen LogP contribution < -0.4 is 0 Å². The maximum absolute atomic E-state index is 5.05. The van der Waals surface area contributed by atoms with Crippen molar-refractivity contribution in [2.24, 2.45) is 0 Å². The Morgan fingerprint density at radius 2 is 0.786 bits per heavy atom. The second-order valence-electron chi connectivity index (χ2n) is 9.91. The van der Waals surface area contributed by atoms with Crippen LogP contribution in [0.25, 0.3) is 89.7 Å². The van der Waals surface area contributed by atoms with Crippen molar-refractivity contribution in [2.75, 3.05) is 0 Å². The van der Waals surface area contributed by atoms with Gasteiger partial charge in [0.05, 0.1) is 0 Å². The van der Waals surface area contributed by atoms with Gasteiger partial charge in [0.1, 0.15) is 22.6 Å². The van der Waals surface area contributed by atoms with Gasteiger partial charge < -0.3 is 9.97 Å². The summed E-state index contributed by atoms with van der Waals surface area (Å²) in [7, 11) is 0. The number of hydrogen-bond acceptors (Lipinski definition) is 6. The van der Waals surface area contributed by atoms with Gasteiger partial charge in [-0.05, 0) is 6.07 Å². The fraction of sp³-hybridized carbons (Fsp3) is 0. The summed E-state index contributed by atoms with van der Waals surface area (Å²) in [4.78, 5) is 36.9. The number of H-pyrrole nitrogens is 2. The highest BCUT2D eigenvalue weighted by molar-refractivity contribution is 9.10. The van der Waals surface area contributed by atoms with E-state index in [0.29, 0.717) is 45.9 Å². The number of nitrogens with zero attached hydrogens (tertiary/aromatic N) is 6. The predicted molar refractivity (Wildman–Crippen MR) is 174 cm³/mol. The van der Waals surface area contributed by atoms with Crippen LogP contribution in [-0.2, 0) is 0 Å². The number of hydrogen-bond donors (Lipinski definition) is 2. The summed E-state index contributed by atoms with van der Waals surface area (Å²) in [6.07, 6.45) is 0. The quantitative estimate of drug-likeness (QED) is 0.188. The van der Waals surface area contributed by atoms with Crippen LogP contribution in [0.5, 0.6) is 0 Å². The first-order valence-corrected chi connectivity index (χ1v) is 13.9. The average Bonchev–Trinajstić information content (AvgIpc) is 3.73. The lowest BCUT2D eigenvalue weighted by atomic mass is 10.1. The van der Waals surface area contributed by atoms with E-state index in [1.165, 1.54) is 0 Å². The molecule has 0 saturated carbocycles. The first kappa shape index (κ1) is 25.0. The molecule has 0 aliphatic carbocycles. The Balaban J connectivity index is 0.00000267. The van der Waals surface area contributed by atoms with Crippen molar-refractivity contribution in [1.29, 1.82) is 0 Å². The van der Waals surface area contributed by atoms with Crippen molar-refractivity contribution in [3.8, 4) is 45.6 Å². The number of aromatic amines is 2. The standard InChI is InChI=1S/C32H17BrN8.Al.3H/c33-23-15-7-14-22-24(23)32-40-30-21-13-6-5-12-20(21)28(38-30)36-26-17-9-2-1-8-16(17)25(34-26)35-27-18-10-3-4-11-19(18)29(37-27)39-31(22)41-32;;;;/h1-15H,(H2,34,35,36,37,38,39,40,41);;;;. The summed E-state index contributed by atoms with van der Waals surface area (Å²) in [5, 5.41) is 3.74. The Morgan fingerprint density at radius 3 is 1.29 bits per heavy atom. The normalized spacial score (nSPS) is 11.7. The van der Waals surface area contributed by atoms with Crippen LogP contribution in [0.2, 0.25) is 0 Å². The molecule has 7 aromatic rings. The van der Waals surface area contributed by atoms with Crippen molar-refractivity contribution >= 4 is 77.4 Å². The molecule has 198 valence electrons. The zero-order valence-corrected chi connectivity index (χ0v) is 22.8. The number of aromatic nitrogens is 8. The highest BCUT2D eigenvalue weighted by atomic mass is 79.9. The Hall–Kier alpha value is -4.75. The second-order valence-corrected chi connectivity index (χ2v) is 10.8. The minimum Gasteiger partial charge on any atom is -0.324 e. The molecule has 8 bridgehead atoms. The molecule has 0 unspecified atom stereocenters. The first-order chi connectivity index (χ1) is 20.2. The lowest BCUT2D eigenvalue weighted by Gasteiger charge is -1.96. The van der Waals surface area contributed by atoms with Crippen molar-refractivity contribution < 1.29 is 0 Å². The molecule has 10 heteroatoms. The van der Waals surface area contributed by atoms with Gasteiger partial charge in [-0.3, -0.25) is 0 Å². The van der Waals surface area contributed by atoms with Gasteiger partial charge in [-0.2, -0.15) is 0 Å². The van der Waals surface area contributed by atoms with Gasteiger partial charge in [-0.1, -0.05) is 101 Å². The highest BCUT2D eigenvalue weighted by Gasteiger charge is 2.22. The molecule has 9 rings (SSSR count). The Morgan fingerprint density at radius 1 is 0.405 bits per heavy atom. The summed E-state index contributed by atoms with van der Waals surface area (Å²) in [5.74, 6) is 2.34. The summed E-state index contributed by atoms with van der Waals surface area (Å²) in [6, 6.07) is 30.1. The number of benzene rings is 4. The minimum atomic E-state index is 0. The van der Waals surface area contributed by atoms with E-state index in [2.05, 4.69) is 25.9 Å². The van der Waals surface area contributed by atoms with E-state index >= 15 is 0 Å². The average molecular weight is 623 g/mol. The lowest BCUT2D eigenvalue weighted by Crippen LogP contribution is -1.83. The zero-order valence-electron chi connectivity index (χ0n) is 21.2. The molecular weight excluding hydrogens is 603 g/mol. The summed E-state index contributed by atoms with van der Waals surface area (Å²) in [6.45, 7) is 0. The minimum absolute atomic E-state index is 0. The van der Waals surface area contributed by atoms with E-state index in [4.69, 9.17) is 29.9 Å².